The number of H-pyrrole nitrogens is 1. The molecule has 0 atom stereocenters. The number of hydrogen-bond donors (Lipinski definition) is 1. The maximum absolute atomic E-state index is 12.7. The van der Waals surface area contributed by atoms with Crippen LogP contribution in [0.3, 0.4) is 0 Å². The Hall–Kier alpha value is -3.41. The van der Waals surface area contributed by atoms with E-state index in [4.69, 9.17) is 9.47 Å². The lowest BCUT2D eigenvalue weighted by molar-refractivity contribution is 0.0474. The smallest absolute Gasteiger partial charge is 0.340 e. The minimum Gasteiger partial charge on any atom is -0.462 e. The summed E-state index contributed by atoms with van der Waals surface area (Å²) >= 11 is 0. The summed E-state index contributed by atoms with van der Waals surface area (Å²) in [6.45, 7) is 4.81. The first-order chi connectivity index (χ1) is 13.4. The molecule has 0 spiro atoms. The number of benzene rings is 2. The molecule has 6 nitrogen and oxygen atoms in total. The molecule has 0 saturated carbocycles. The van der Waals surface area contributed by atoms with Crippen LogP contribution in [-0.4, -0.2) is 35.9 Å². The molecule has 0 saturated heterocycles. The summed E-state index contributed by atoms with van der Waals surface area (Å²) < 4.78 is 10.3. The van der Waals surface area contributed by atoms with Crippen LogP contribution in [0.5, 0.6) is 0 Å². The Kier molecular flexibility index (Phi) is 5.59. The van der Waals surface area contributed by atoms with Crippen LogP contribution in [0.1, 0.15) is 49.4 Å². The average molecular weight is 379 g/mol. The average Bonchev–Trinajstić information content (AvgIpc) is 2.99. The maximum atomic E-state index is 12.7. The van der Waals surface area contributed by atoms with E-state index in [1.165, 1.54) is 0 Å². The molecule has 0 aliphatic heterocycles. The fraction of sp³-hybridized carbons (Fsp3) is 0.227. The molecule has 0 fully saturated rings. The van der Waals surface area contributed by atoms with E-state index in [0.717, 1.165) is 10.8 Å². The number of esters is 2. The Labute approximate surface area is 162 Å². The number of ketones is 1. The van der Waals surface area contributed by atoms with Crippen molar-refractivity contribution >= 4 is 28.5 Å². The standard InChI is InChI=1S/C22H21NO5/c1-4-27-22(26)20-14(3)23-13(2)19(20)18(24)12-28-21(25)17-11-7-9-15-8-5-6-10-16(15)17/h5-11,23H,4,12H2,1-3H3. The number of aryl methyl sites for hydroxylation is 2. The summed E-state index contributed by atoms with van der Waals surface area (Å²) in [4.78, 5) is 40.4. The number of rotatable bonds is 6. The number of hydrogen-bond acceptors (Lipinski definition) is 5. The Balaban J connectivity index is 1.81. The summed E-state index contributed by atoms with van der Waals surface area (Å²) in [5, 5.41) is 1.66. The van der Waals surface area contributed by atoms with E-state index in [1.54, 1.807) is 32.9 Å². The van der Waals surface area contributed by atoms with Crippen LogP contribution >= 0.6 is 0 Å². The molecule has 3 rings (SSSR count). The molecule has 1 N–H and O–H groups in total. The fourth-order valence-corrected chi connectivity index (χ4v) is 3.27. The highest BCUT2D eigenvalue weighted by Crippen LogP contribution is 2.22. The summed E-state index contributed by atoms with van der Waals surface area (Å²) in [5.74, 6) is -1.63. The van der Waals surface area contributed by atoms with Crippen molar-refractivity contribution in [2.24, 2.45) is 0 Å². The first-order valence-corrected chi connectivity index (χ1v) is 8.98. The lowest BCUT2D eigenvalue weighted by Crippen LogP contribution is -2.18. The largest absolute Gasteiger partial charge is 0.462 e. The molecular formula is C22H21NO5. The van der Waals surface area contributed by atoms with E-state index in [1.807, 2.05) is 30.3 Å². The molecule has 1 heterocycles. The quantitative estimate of drug-likeness (QED) is 0.517. The summed E-state index contributed by atoms with van der Waals surface area (Å²) in [6.07, 6.45) is 0. The lowest BCUT2D eigenvalue weighted by Gasteiger charge is -2.08. The van der Waals surface area contributed by atoms with E-state index < -0.39 is 24.3 Å². The molecule has 0 radical (unpaired) electrons. The van der Waals surface area contributed by atoms with Crippen molar-refractivity contribution in [3.8, 4) is 0 Å². The Bertz CT molecular complexity index is 1060. The van der Waals surface area contributed by atoms with Gasteiger partial charge < -0.3 is 14.5 Å². The third kappa shape index (κ3) is 3.67. The SMILES string of the molecule is CCOC(=O)c1c(C)[nH]c(C)c1C(=O)COC(=O)c1cccc2ccccc12. The highest BCUT2D eigenvalue weighted by Gasteiger charge is 2.26. The van der Waals surface area contributed by atoms with E-state index in [9.17, 15) is 14.4 Å². The van der Waals surface area contributed by atoms with Crippen molar-refractivity contribution < 1.29 is 23.9 Å². The van der Waals surface area contributed by atoms with Gasteiger partial charge >= 0.3 is 11.9 Å². The summed E-state index contributed by atoms with van der Waals surface area (Å²) in [5.41, 5.74) is 1.84. The Morgan fingerprint density at radius 2 is 1.54 bits per heavy atom. The zero-order valence-electron chi connectivity index (χ0n) is 16.0. The number of aromatic nitrogens is 1. The predicted octanol–water partition coefficient (Wildman–Crippen LogP) is 4.00. The van der Waals surface area contributed by atoms with E-state index in [2.05, 4.69) is 4.98 Å². The zero-order valence-corrected chi connectivity index (χ0v) is 16.0. The van der Waals surface area contributed by atoms with E-state index in [0.29, 0.717) is 17.0 Å². The van der Waals surface area contributed by atoms with Crippen molar-refractivity contribution in [2.45, 2.75) is 20.8 Å². The first-order valence-electron chi connectivity index (χ1n) is 8.98. The van der Waals surface area contributed by atoms with Crippen molar-refractivity contribution in [3.63, 3.8) is 0 Å². The zero-order chi connectivity index (χ0) is 20.3. The Morgan fingerprint density at radius 1 is 0.857 bits per heavy atom. The van der Waals surface area contributed by atoms with Crippen LogP contribution in [0.25, 0.3) is 10.8 Å². The first kappa shape index (κ1) is 19.4. The highest BCUT2D eigenvalue weighted by molar-refractivity contribution is 6.10. The van der Waals surface area contributed by atoms with E-state index >= 15 is 0 Å². The second-order valence-electron chi connectivity index (χ2n) is 6.37. The van der Waals surface area contributed by atoms with Crippen molar-refractivity contribution in [2.75, 3.05) is 13.2 Å². The molecule has 0 unspecified atom stereocenters. The van der Waals surface area contributed by atoms with Gasteiger partial charge in [0.05, 0.1) is 23.3 Å². The van der Waals surface area contributed by atoms with Crippen molar-refractivity contribution in [3.05, 3.63) is 70.5 Å². The van der Waals surface area contributed by atoms with Gasteiger partial charge in [0.25, 0.3) is 0 Å². The van der Waals surface area contributed by atoms with Gasteiger partial charge in [0.2, 0.25) is 5.78 Å². The molecule has 1 aromatic heterocycles. The van der Waals surface area contributed by atoms with Gasteiger partial charge in [-0.1, -0.05) is 36.4 Å². The van der Waals surface area contributed by atoms with Gasteiger partial charge in [-0.25, -0.2) is 9.59 Å². The molecule has 0 amide bonds. The molecule has 0 aliphatic carbocycles. The van der Waals surface area contributed by atoms with Gasteiger partial charge in [-0.05, 0) is 37.6 Å². The number of carbonyl (C=O) groups is 3. The van der Waals surface area contributed by atoms with E-state index in [-0.39, 0.29) is 17.7 Å². The number of fused-ring (bicyclic) bond motifs is 1. The van der Waals surface area contributed by atoms with Crippen LogP contribution in [0.4, 0.5) is 0 Å². The number of ether oxygens (including phenoxy) is 2. The highest BCUT2D eigenvalue weighted by atomic mass is 16.5. The molecule has 28 heavy (non-hydrogen) atoms. The number of nitrogens with one attached hydrogen (secondary N) is 1. The van der Waals surface area contributed by atoms with Gasteiger partial charge in [0.1, 0.15) is 0 Å². The van der Waals surface area contributed by atoms with Crippen LogP contribution in [0.2, 0.25) is 0 Å². The molecule has 3 aromatic rings. The van der Waals surface area contributed by atoms with Crippen molar-refractivity contribution in [1.29, 1.82) is 0 Å². The van der Waals surface area contributed by atoms with Gasteiger partial charge in [0, 0.05) is 11.4 Å². The molecular weight excluding hydrogens is 358 g/mol. The van der Waals surface area contributed by atoms with Gasteiger partial charge in [-0.15, -0.1) is 0 Å². The third-order valence-electron chi connectivity index (χ3n) is 4.48. The minimum atomic E-state index is -0.590. The number of carbonyl (C=O) groups excluding carboxylic acids is 3. The predicted molar refractivity (Wildman–Crippen MR) is 105 cm³/mol. The van der Waals surface area contributed by atoms with Gasteiger partial charge in [-0.3, -0.25) is 4.79 Å². The van der Waals surface area contributed by atoms with Gasteiger partial charge in [-0.2, -0.15) is 0 Å². The van der Waals surface area contributed by atoms with Crippen LogP contribution in [0.15, 0.2) is 42.5 Å². The number of aromatic amines is 1. The van der Waals surface area contributed by atoms with Crippen molar-refractivity contribution in [1.82, 2.24) is 4.98 Å². The maximum Gasteiger partial charge on any atom is 0.340 e. The normalized spacial score (nSPS) is 10.7. The molecule has 2 aromatic carbocycles. The van der Waals surface area contributed by atoms with Crippen LogP contribution in [-0.2, 0) is 9.47 Å². The lowest BCUT2D eigenvalue weighted by atomic mass is 10.0. The summed E-state index contributed by atoms with van der Waals surface area (Å²) in [6, 6.07) is 12.8. The molecule has 0 bridgehead atoms. The topological polar surface area (TPSA) is 85.5 Å². The second-order valence-corrected chi connectivity index (χ2v) is 6.37. The monoisotopic (exact) mass is 379 g/mol. The molecule has 6 heteroatoms. The van der Waals surface area contributed by atoms with Crippen LogP contribution in [0, 0.1) is 13.8 Å². The minimum absolute atomic E-state index is 0.186. The molecule has 144 valence electrons. The number of Topliss-reactive ketones (excluding diaryl/α,β-unsaturated/α-hetero) is 1. The van der Waals surface area contributed by atoms with Crippen LogP contribution < -0.4 is 0 Å². The third-order valence-corrected chi connectivity index (χ3v) is 4.48. The Morgan fingerprint density at radius 3 is 2.29 bits per heavy atom. The summed E-state index contributed by atoms with van der Waals surface area (Å²) in [7, 11) is 0. The molecule has 0 aliphatic rings. The van der Waals surface area contributed by atoms with Gasteiger partial charge in [0.15, 0.2) is 6.61 Å². The second kappa shape index (κ2) is 8.08. The fourth-order valence-electron chi connectivity index (χ4n) is 3.27.